The summed E-state index contributed by atoms with van der Waals surface area (Å²) in [6.45, 7) is 1.80. The molecule has 10 nitrogen and oxygen atoms in total. The maximum absolute atomic E-state index is 12.3. The van der Waals surface area contributed by atoms with Gasteiger partial charge in [0.25, 0.3) is 5.91 Å². The number of aromatic amines is 1. The minimum Gasteiger partial charge on any atom is -0.396 e. The number of amides is 1. The lowest BCUT2D eigenvalue weighted by Gasteiger charge is -2.17. The average Bonchev–Trinajstić information content (AvgIpc) is 3.37. The van der Waals surface area contributed by atoms with E-state index in [1.165, 1.54) is 0 Å². The topological polar surface area (TPSA) is 169 Å². The first-order valence-corrected chi connectivity index (χ1v) is 11.3. The van der Waals surface area contributed by atoms with E-state index in [0.29, 0.717) is 22.9 Å². The molecule has 0 bridgehead atoms. The molecule has 5 aromatic rings. The van der Waals surface area contributed by atoms with Crippen molar-refractivity contribution in [2.24, 2.45) is 5.73 Å². The number of nitrogens with one attached hydrogen (secondary N) is 2. The number of nitrogens with zero attached hydrogens (tertiary/aromatic N) is 4. The van der Waals surface area contributed by atoms with Gasteiger partial charge in [0.2, 0.25) is 5.95 Å². The average molecular weight is 481 g/mol. The van der Waals surface area contributed by atoms with Gasteiger partial charge < -0.3 is 21.9 Å². The number of nitrogen functional groups attached to an aromatic ring is 1. The van der Waals surface area contributed by atoms with Gasteiger partial charge in [-0.25, -0.2) is 15.0 Å². The van der Waals surface area contributed by atoms with E-state index < -0.39 is 11.9 Å². The van der Waals surface area contributed by atoms with Crippen LogP contribution < -0.4 is 16.8 Å². The second-order valence-corrected chi connectivity index (χ2v) is 8.33. The fraction of sp³-hybridized carbons (Fsp3) is 0.115. The molecule has 1 atom stereocenters. The van der Waals surface area contributed by atoms with Crippen LogP contribution in [0.3, 0.4) is 0 Å². The normalized spacial score (nSPS) is 11.9. The van der Waals surface area contributed by atoms with E-state index in [9.17, 15) is 9.90 Å². The van der Waals surface area contributed by atoms with Gasteiger partial charge in [0.15, 0.2) is 5.69 Å². The summed E-state index contributed by atoms with van der Waals surface area (Å²) in [5, 5.41) is 21.0. The van der Waals surface area contributed by atoms with Crippen LogP contribution >= 0.6 is 0 Å². The molecule has 180 valence electrons. The lowest BCUT2D eigenvalue weighted by Crippen LogP contribution is -2.18. The molecule has 0 aliphatic heterocycles. The molecule has 0 saturated carbocycles. The van der Waals surface area contributed by atoms with Crippen LogP contribution in [-0.4, -0.2) is 42.8 Å². The highest BCUT2D eigenvalue weighted by Crippen LogP contribution is 2.37. The van der Waals surface area contributed by atoms with Crippen LogP contribution in [0.15, 0.2) is 67.0 Å². The van der Waals surface area contributed by atoms with Crippen molar-refractivity contribution in [1.82, 2.24) is 25.1 Å². The van der Waals surface area contributed by atoms with Gasteiger partial charge in [0.1, 0.15) is 0 Å². The first-order chi connectivity index (χ1) is 17.5. The lowest BCUT2D eigenvalue weighted by atomic mass is 9.94. The number of nitrogens with two attached hydrogens (primary N) is 2. The van der Waals surface area contributed by atoms with E-state index in [1.807, 2.05) is 49.4 Å². The summed E-state index contributed by atoms with van der Waals surface area (Å²) in [7, 11) is 0. The number of aliphatic hydroxyl groups is 1. The zero-order chi connectivity index (χ0) is 25.2. The first kappa shape index (κ1) is 22.9. The summed E-state index contributed by atoms with van der Waals surface area (Å²) in [6.07, 6.45) is 3.29. The van der Waals surface area contributed by atoms with Crippen molar-refractivity contribution in [1.29, 1.82) is 0 Å². The largest absolute Gasteiger partial charge is 0.396 e. The quantitative estimate of drug-likeness (QED) is 0.236. The standard InChI is InChI=1S/C26H24N8O2/c1-14-7-8-18-17(12-30-34-18)22(14)16-11-20(31-24(23(16)27)25(28)36)19-9-10-29-26(32-19)33-21(13-35)15-5-3-2-4-6-15/h2-12,21,35H,13,27H2,1H3,(H2,28,36)(H,30,34)(H,29,32,33)/t21-/m1/s1. The molecule has 36 heavy (non-hydrogen) atoms. The number of carbonyl (C=O) groups is 1. The molecule has 7 N–H and O–H groups in total. The molecule has 10 heteroatoms. The first-order valence-electron chi connectivity index (χ1n) is 11.3. The van der Waals surface area contributed by atoms with Crippen molar-refractivity contribution in [3.05, 3.63) is 83.8 Å². The predicted molar refractivity (Wildman–Crippen MR) is 138 cm³/mol. The Labute approximate surface area is 206 Å². The number of aryl methyl sites for hydroxylation is 1. The van der Waals surface area contributed by atoms with E-state index >= 15 is 0 Å². The van der Waals surface area contributed by atoms with Crippen LogP contribution in [0, 0.1) is 6.92 Å². The smallest absolute Gasteiger partial charge is 0.269 e. The molecule has 0 aliphatic rings. The van der Waals surface area contributed by atoms with E-state index in [0.717, 1.165) is 27.6 Å². The maximum Gasteiger partial charge on any atom is 0.269 e. The van der Waals surface area contributed by atoms with E-state index in [4.69, 9.17) is 11.5 Å². The van der Waals surface area contributed by atoms with Gasteiger partial charge in [0, 0.05) is 17.1 Å². The molecule has 2 aromatic carbocycles. The Kier molecular flexibility index (Phi) is 6.01. The van der Waals surface area contributed by atoms with Crippen molar-refractivity contribution in [2.45, 2.75) is 13.0 Å². The zero-order valence-electron chi connectivity index (χ0n) is 19.4. The molecule has 3 aromatic heterocycles. The van der Waals surface area contributed by atoms with E-state index in [-0.39, 0.29) is 18.0 Å². The number of benzene rings is 2. The number of pyridine rings is 1. The second-order valence-electron chi connectivity index (χ2n) is 8.33. The molecule has 0 fully saturated rings. The highest BCUT2D eigenvalue weighted by molar-refractivity contribution is 6.05. The number of aromatic nitrogens is 5. The number of anilines is 2. The van der Waals surface area contributed by atoms with Crippen LogP contribution in [0.2, 0.25) is 0 Å². The number of hydrogen-bond acceptors (Lipinski definition) is 8. The summed E-state index contributed by atoms with van der Waals surface area (Å²) in [5.74, 6) is -0.450. The summed E-state index contributed by atoms with van der Waals surface area (Å²) in [4.78, 5) is 25.6. The third kappa shape index (κ3) is 4.21. The Morgan fingerprint density at radius 1 is 1.11 bits per heavy atom. The molecular formula is C26H24N8O2. The van der Waals surface area contributed by atoms with Crippen molar-refractivity contribution in [3.63, 3.8) is 0 Å². The van der Waals surface area contributed by atoms with Crippen molar-refractivity contribution in [3.8, 4) is 22.5 Å². The zero-order valence-corrected chi connectivity index (χ0v) is 19.4. The highest BCUT2D eigenvalue weighted by Gasteiger charge is 2.21. The van der Waals surface area contributed by atoms with Crippen molar-refractivity contribution in [2.75, 3.05) is 17.7 Å². The van der Waals surface area contributed by atoms with Gasteiger partial charge in [-0.1, -0.05) is 36.4 Å². The summed E-state index contributed by atoms with van der Waals surface area (Å²) >= 11 is 0. The second kappa shape index (κ2) is 9.43. The van der Waals surface area contributed by atoms with Crippen molar-refractivity contribution < 1.29 is 9.90 Å². The number of primary amides is 1. The Morgan fingerprint density at radius 2 is 1.92 bits per heavy atom. The van der Waals surface area contributed by atoms with Gasteiger partial charge in [-0.2, -0.15) is 5.10 Å². The summed E-state index contributed by atoms with van der Waals surface area (Å²) in [6, 6.07) is 16.4. The number of carbonyl (C=O) groups excluding carboxylic acids is 1. The number of aliphatic hydroxyl groups excluding tert-OH is 1. The minimum absolute atomic E-state index is 0.0481. The maximum atomic E-state index is 12.3. The summed E-state index contributed by atoms with van der Waals surface area (Å²) in [5.41, 5.74) is 17.1. The number of H-pyrrole nitrogens is 1. The Bertz CT molecular complexity index is 1570. The van der Waals surface area contributed by atoms with E-state index in [2.05, 4.69) is 30.5 Å². The monoisotopic (exact) mass is 480 g/mol. The third-order valence-electron chi connectivity index (χ3n) is 6.00. The molecule has 0 unspecified atom stereocenters. The molecule has 3 heterocycles. The van der Waals surface area contributed by atoms with Crippen LogP contribution in [-0.2, 0) is 0 Å². The molecule has 0 saturated heterocycles. The van der Waals surface area contributed by atoms with Gasteiger partial charge >= 0.3 is 0 Å². The van der Waals surface area contributed by atoms with Crippen LogP contribution in [0.25, 0.3) is 33.4 Å². The van der Waals surface area contributed by atoms with Crippen LogP contribution in [0.1, 0.15) is 27.7 Å². The van der Waals surface area contributed by atoms with Gasteiger partial charge in [-0.15, -0.1) is 0 Å². The van der Waals surface area contributed by atoms with Gasteiger partial charge in [-0.3, -0.25) is 9.89 Å². The summed E-state index contributed by atoms with van der Waals surface area (Å²) < 4.78 is 0. The Morgan fingerprint density at radius 3 is 2.67 bits per heavy atom. The number of fused-ring (bicyclic) bond motifs is 1. The molecule has 5 rings (SSSR count). The van der Waals surface area contributed by atoms with Crippen LogP contribution in [0.5, 0.6) is 0 Å². The molecule has 0 radical (unpaired) electrons. The van der Waals surface area contributed by atoms with Gasteiger partial charge in [0.05, 0.1) is 41.4 Å². The molecule has 0 spiro atoms. The van der Waals surface area contributed by atoms with Gasteiger partial charge in [-0.05, 0) is 41.8 Å². The highest BCUT2D eigenvalue weighted by atomic mass is 16.3. The predicted octanol–water partition coefficient (Wildman–Crippen LogP) is 3.22. The molecule has 1 amide bonds. The Hall–Kier alpha value is -4.83. The lowest BCUT2D eigenvalue weighted by molar-refractivity contribution is 0.0996. The third-order valence-corrected chi connectivity index (χ3v) is 6.00. The number of hydrogen-bond donors (Lipinski definition) is 5. The Balaban J connectivity index is 1.61. The van der Waals surface area contributed by atoms with E-state index in [1.54, 1.807) is 24.5 Å². The van der Waals surface area contributed by atoms with Crippen molar-refractivity contribution >= 4 is 28.4 Å². The number of rotatable bonds is 7. The molecular weight excluding hydrogens is 456 g/mol. The molecule has 0 aliphatic carbocycles. The fourth-order valence-electron chi connectivity index (χ4n) is 4.21. The fourth-order valence-corrected chi connectivity index (χ4v) is 4.21. The SMILES string of the molecule is Cc1ccc2[nH]ncc2c1-c1cc(-c2ccnc(N[C@H](CO)c3ccccc3)n2)nc(C(N)=O)c1N. The minimum atomic E-state index is -0.746. The van der Waals surface area contributed by atoms with Crippen LogP contribution in [0.4, 0.5) is 11.6 Å².